The van der Waals surface area contributed by atoms with E-state index in [0.29, 0.717) is 42.2 Å². The van der Waals surface area contributed by atoms with Crippen LogP contribution in [-0.4, -0.2) is 41.8 Å². The van der Waals surface area contributed by atoms with E-state index in [1.165, 1.54) is 31.3 Å². The predicted molar refractivity (Wildman–Crippen MR) is 110 cm³/mol. The van der Waals surface area contributed by atoms with Gasteiger partial charge in [-0.15, -0.1) is 0 Å². The van der Waals surface area contributed by atoms with Crippen molar-refractivity contribution in [1.29, 1.82) is 0 Å². The summed E-state index contributed by atoms with van der Waals surface area (Å²) in [5, 5.41) is 6.17. The number of anilines is 2. The fraction of sp³-hybridized carbons (Fsp3) is 0.524. The van der Waals surface area contributed by atoms with Gasteiger partial charge in [0.05, 0.1) is 21.4 Å². The molecule has 3 fully saturated rings. The number of aromatic nitrogens is 2. The van der Waals surface area contributed by atoms with Gasteiger partial charge >= 0.3 is 0 Å². The van der Waals surface area contributed by atoms with Crippen molar-refractivity contribution >= 4 is 21.3 Å². The Kier molecular flexibility index (Phi) is 4.89. The number of piperidine rings is 1. The standard InChI is InChI=1S/C21H25FN4O3S/c1-12-20(23-11-24-21(12)29-15-8-13-2-3-14(9-15)25-13)26-19-7-6-17(10-18(19)22)30(27,28)16-4-5-16/h6-7,10-11,13-16,25H,2-5,8-9H2,1H3,(H,23,24,26)/t13-,14?,15?/m0/s1. The topological polar surface area (TPSA) is 93.2 Å². The first-order valence-corrected chi connectivity index (χ1v) is 12.0. The summed E-state index contributed by atoms with van der Waals surface area (Å²) in [5.74, 6) is 0.299. The molecule has 7 nitrogen and oxygen atoms in total. The highest BCUT2D eigenvalue weighted by atomic mass is 32.2. The monoisotopic (exact) mass is 432 g/mol. The fourth-order valence-electron chi connectivity index (χ4n) is 4.41. The molecule has 0 spiro atoms. The summed E-state index contributed by atoms with van der Waals surface area (Å²) in [7, 11) is -3.43. The molecule has 3 aliphatic rings. The lowest BCUT2D eigenvalue weighted by Crippen LogP contribution is -2.42. The van der Waals surface area contributed by atoms with Gasteiger partial charge in [0, 0.05) is 12.1 Å². The van der Waals surface area contributed by atoms with Crippen LogP contribution in [0.1, 0.15) is 44.1 Å². The fourth-order valence-corrected chi connectivity index (χ4v) is 6.08. The zero-order chi connectivity index (χ0) is 20.9. The third-order valence-corrected chi connectivity index (χ3v) is 8.49. The summed E-state index contributed by atoms with van der Waals surface area (Å²) < 4.78 is 45.5. The molecule has 9 heteroatoms. The first kappa shape index (κ1) is 19.7. The zero-order valence-corrected chi connectivity index (χ0v) is 17.6. The van der Waals surface area contributed by atoms with E-state index < -0.39 is 15.7 Å². The number of hydrogen-bond acceptors (Lipinski definition) is 7. The Balaban J connectivity index is 1.33. The van der Waals surface area contributed by atoms with E-state index in [2.05, 4.69) is 20.6 Å². The molecule has 2 aromatic rings. The van der Waals surface area contributed by atoms with Crippen LogP contribution in [0.4, 0.5) is 15.9 Å². The van der Waals surface area contributed by atoms with E-state index in [1.54, 1.807) is 0 Å². The van der Waals surface area contributed by atoms with Gasteiger partial charge in [0.2, 0.25) is 5.88 Å². The lowest BCUT2D eigenvalue weighted by Gasteiger charge is -2.29. The van der Waals surface area contributed by atoms with E-state index in [9.17, 15) is 12.8 Å². The minimum Gasteiger partial charge on any atom is -0.474 e. The average Bonchev–Trinajstić information content (AvgIpc) is 3.52. The van der Waals surface area contributed by atoms with E-state index in [4.69, 9.17) is 4.74 Å². The Labute approximate surface area is 175 Å². The molecule has 1 aromatic carbocycles. The molecule has 1 saturated carbocycles. The number of sulfone groups is 1. The van der Waals surface area contributed by atoms with Gasteiger partial charge < -0.3 is 15.4 Å². The van der Waals surface area contributed by atoms with Crippen molar-refractivity contribution in [1.82, 2.24) is 15.3 Å². The van der Waals surface area contributed by atoms with Crippen LogP contribution in [0.2, 0.25) is 0 Å². The number of benzene rings is 1. The Morgan fingerprint density at radius 2 is 1.87 bits per heavy atom. The number of hydrogen-bond donors (Lipinski definition) is 2. The molecule has 2 N–H and O–H groups in total. The van der Waals surface area contributed by atoms with Gasteiger partial charge in [-0.3, -0.25) is 0 Å². The summed E-state index contributed by atoms with van der Waals surface area (Å²) >= 11 is 0. The van der Waals surface area contributed by atoms with Crippen molar-refractivity contribution in [3.63, 3.8) is 0 Å². The van der Waals surface area contributed by atoms with Crippen LogP contribution in [-0.2, 0) is 9.84 Å². The van der Waals surface area contributed by atoms with Gasteiger partial charge in [0.15, 0.2) is 9.84 Å². The Hall–Kier alpha value is -2.26. The Bertz CT molecular complexity index is 1060. The SMILES string of the molecule is Cc1c(Nc2ccc(S(=O)(=O)C3CC3)cc2F)ncnc1OC1CC2CC[C@@H](C1)N2. The molecule has 5 rings (SSSR count). The van der Waals surface area contributed by atoms with E-state index in [-0.39, 0.29) is 21.9 Å². The van der Waals surface area contributed by atoms with Crippen molar-refractivity contribution in [3.05, 3.63) is 35.9 Å². The summed E-state index contributed by atoms with van der Waals surface area (Å²) in [4.78, 5) is 8.52. The van der Waals surface area contributed by atoms with Crippen LogP contribution in [0.5, 0.6) is 5.88 Å². The molecule has 2 bridgehead atoms. The minimum absolute atomic E-state index is 0.0250. The van der Waals surface area contributed by atoms with Gasteiger partial charge in [-0.05, 0) is 63.6 Å². The van der Waals surface area contributed by atoms with Gasteiger partial charge in [-0.2, -0.15) is 0 Å². The largest absolute Gasteiger partial charge is 0.474 e. The molecule has 2 unspecified atom stereocenters. The highest BCUT2D eigenvalue weighted by molar-refractivity contribution is 7.92. The lowest BCUT2D eigenvalue weighted by atomic mass is 10.0. The number of halogens is 1. The zero-order valence-electron chi connectivity index (χ0n) is 16.8. The number of fused-ring (bicyclic) bond motifs is 2. The molecule has 1 aliphatic carbocycles. The van der Waals surface area contributed by atoms with Gasteiger partial charge in [0.1, 0.15) is 24.1 Å². The molecule has 2 saturated heterocycles. The average molecular weight is 433 g/mol. The van der Waals surface area contributed by atoms with E-state index >= 15 is 0 Å². The minimum atomic E-state index is -3.43. The number of nitrogens with one attached hydrogen (secondary N) is 2. The molecular formula is C21H25FN4O3S. The van der Waals surface area contributed by atoms with Crippen LogP contribution >= 0.6 is 0 Å². The first-order valence-electron chi connectivity index (χ1n) is 10.4. The second-order valence-corrected chi connectivity index (χ2v) is 10.7. The van der Waals surface area contributed by atoms with E-state index in [1.807, 2.05) is 6.92 Å². The van der Waals surface area contributed by atoms with Crippen LogP contribution in [0, 0.1) is 12.7 Å². The third kappa shape index (κ3) is 3.76. The van der Waals surface area contributed by atoms with Gasteiger partial charge in [-0.25, -0.2) is 22.8 Å². The molecule has 160 valence electrons. The van der Waals surface area contributed by atoms with Gasteiger partial charge in [-0.1, -0.05) is 0 Å². The molecule has 3 atom stereocenters. The third-order valence-electron chi connectivity index (χ3n) is 6.23. The van der Waals surface area contributed by atoms with Crippen LogP contribution in [0.15, 0.2) is 29.4 Å². The highest BCUT2D eigenvalue weighted by Gasteiger charge is 2.37. The molecule has 0 amide bonds. The van der Waals surface area contributed by atoms with E-state index in [0.717, 1.165) is 18.9 Å². The molecular weight excluding hydrogens is 407 g/mol. The van der Waals surface area contributed by atoms with Gasteiger partial charge in [0.25, 0.3) is 0 Å². The smallest absolute Gasteiger partial charge is 0.221 e. The van der Waals surface area contributed by atoms with Crippen molar-refractivity contribution in [2.24, 2.45) is 0 Å². The van der Waals surface area contributed by atoms with Crippen LogP contribution in [0.3, 0.4) is 0 Å². The second kappa shape index (κ2) is 7.46. The number of nitrogens with zero attached hydrogens (tertiary/aromatic N) is 2. The number of rotatable bonds is 6. The summed E-state index contributed by atoms with van der Waals surface area (Å²) in [6.07, 6.45) is 7.06. The van der Waals surface area contributed by atoms with Crippen molar-refractivity contribution in [2.75, 3.05) is 5.32 Å². The summed E-state index contributed by atoms with van der Waals surface area (Å²) in [6.45, 7) is 1.83. The maximum atomic E-state index is 14.6. The first-order chi connectivity index (χ1) is 14.4. The molecule has 0 radical (unpaired) electrons. The number of ether oxygens (including phenoxy) is 1. The molecule has 30 heavy (non-hydrogen) atoms. The van der Waals surface area contributed by atoms with Crippen molar-refractivity contribution in [3.8, 4) is 5.88 Å². The molecule has 2 aliphatic heterocycles. The summed E-state index contributed by atoms with van der Waals surface area (Å²) in [5.41, 5.74) is 0.856. The normalized spacial score (nSPS) is 25.9. The predicted octanol–water partition coefficient (Wildman–Crippen LogP) is 3.27. The second-order valence-electron chi connectivity index (χ2n) is 8.51. The van der Waals surface area contributed by atoms with Crippen molar-refractivity contribution in [2.45, 2.75) is 73.8 Å². The van der Waals surface area contributed by atoms with Crippen molar-refractivity contribution < 1.29 is 17.5 Å². The lowest BCUT2D eigenvalue weighted by molar-refractivity contribution is 0.131. The quantitative estimate of drug-likeness (QED) is 0.724. The Morgan fingerprint density at radius 3 is 2.53 bits per heavy atom. The Morgan fingerprint density at radius 1 is 1.13 bits per heavy atom. The molecule has 1 aromatic heterocycles. The molecule has 3 heterocycles. The maximum absolute atomic E-state index is 14.6. The van der Waals surface area contributed by atoms with Crippen LogP contribution < -0.4 is 15.4 Å². The summed E-state index contributed by atoms with van der Waals surface area (Å²) in [6, 6.07) is 4.98. The highest BCUT2D eigenvalue weighted by Crippen LogP contribution is 2.35. The van der Waals surface area contributed by atoms with Crippen LogP contribution in [0.25, 0.3) is 0 Å². The maximum Gasteiger partial charge on any atom is 0.221 e.